The Morgan fingerprint density at radius 1 is 1.48 bits per heavy atom. The summed E-state index contributed by atoms with van der Waals surface area (Å²) in [6.45, 7) is 4.57. The van der Waals surface area contributed by atoms with Gasteiger partial charge in [0, 0.05) is 12.7 Å². The summed E-state index contributed by atoms with van der Waals surface area (Å²) in [5, 5.41) is 0.689. The Labute approximate surface area is 127 Å². The lowest BCUT2D eigenvalue weighted by Crippen LogP contribution is -2.19. The Morgan fingerprint density at radius 3 is 2.90 bits per heavy atom. The number of aromatic nitrogens is 2. The first-order valence-corrected chi connectivity index (χ1v) is 7.36. The largest absolute Gasteiger partial charge is 0.462 e. The van der Waals surface area contributed by atoms with Crippen molar-refractivity contribution in [1.29, 1.82) is 0 Å². The van der Waals surface area contributed by atoms with Gasteiger partial charge in [0.25, 0.3) is 0 Å². The first-order valence-electron chi connectivity index (χ1n) is 6.58. The number of carbonyl (C=O) groups is 1. The van der Waals surface area contributed by atoms with Crippen LogP contribution in [0.2, 0.25) is 0 Å². The smallest absolute Gasteiger partial charge is 0.345 e. The summed E-state index contributed by atoms with van der Waals surface area (Å²) >= 11 is 1.18. The third-order valence-corrected chi connectivity index (χ3v) is 3.85. The molecule has 0 saturated heterocycles. The Hall–Kier alpha value is -2.15. The second kappa shape index (κ2) is 6.53. The van der Waals surface area contributed by atoms with Gasteiger partial charge in [-0.05, 0) is 37.5 Å². The SMILES string of the molecule is CCOC(=O)c1c(N)nsc1N(C)Cc1cccc(C)n1. The molecule has 6 nitrogen and oxygen atoms in total. The van der Waals surface area contributed by atoms with Crippen molar-refractivity contribution in [2.24, 2.45) is 0 Å². The molecule has 7 heteroatoms. The number of hydrogen-bond donors (Lipinski definition) is 1. The number of nitrogens with two attached hydrogens (primary N) is 1. The van der Waals surface area contributed by atoms with Gasteiger partial charge in [0.1, 0.15) is 10.6 Å². The zero-order valence-corrected chi connectivity index (χ0v) is 13.1. The lowest BCUT2D eigenvalue weighted by atomic mass is 10.2. The third-order valence-electron chi connectivity index (χ3n) is 2.87. The monoisotopic (exact) mass is 306 g/mol. The van der Waals surface area contributed by atoms with Crippen LogP contribution in [0.3, 0.4) is 0 Å². The molecule has 0 atom stereocenters. The molecule has 2 N–H and O–H groups in total. The fourth-order valence-corrected chi connectivity index (χ4v) is 2.71. The van der Waals surface area contributed by atoms with Gasteiger partial charge in [-0.15, -0.1) is 0 Å². The minimum Gasteiger partial charge on any atom is -0.462 e. The van der Waals surface area contributed by atoms with E-state index in [-0.39, 0.29) is 5.82 Å². The lowest BCUT2D eigenvalue weighted by Gasteiger charge is -2.18. The molecule has 2 aromatic rings. The highest BCUT2D eigenvalue weighted by molar-refractivity contribution is 7.11. The summed E-state index contributed by atoms with van der Waals surface area (Å²) in [7, 11) is 1.87. The fourth-order valence-electron chi connectivity index (χ4n) is 1.95. The lowest BCUT2D eigenvalue weighted by molar-refractivity contribution is 0.0528. The predicted molar refractivity (Wildman–Crippen MR) is 83.6 cm³/mol. The van der Waals surface area contributed by atoms with E-state index in [2.05, 4.69) is 9.36 Å². The quantitative estimate of drug-likeness (QED) is 0.853. The summed E-state index contributed by atoms with van der Waals surface area (Å²) in [4.78, 5) is 18.3. The van der Waals surface area contributed by atoms with E-state index in [0.29, 0.717) is 23.7 Å². The Morgan fingerprint density at radius 2 is 2.24 bits per heavy atom. The maximum absolute atomic E-state index is 12.0. The number of rotatable bonds is 5. The molecule has 0 aliphatic rings. The van der Waals surface area contributed by atoms with E-state index in [9.17, 15) is 4.79 Å². The zero-order chi connectivity index (χ0) is 15.4. The van der Waals surface area contributed by atoms with Crippen LogP contribution in [0.4, 0.5) is 10.8 Å². The second-order valence-electron chi connectivity index (χ2n) is 4.59. The average molecular weight is 306 g/mol. The summed E-state index contributed by atoms with van der Waals surface area (Å²) in [5.74, 6) is -0.236. The molecule has 112 valence electrons. The molecule has 0 unspecified atom stereocenters. The molecule has 2 heterocycles. The molecule has 0 aliphatic carbocycles. The molecule has 0 saturated carbocycles. The zero-order valence-electron chi connectivity index (χ0n) is 12.3. The molecule has 2 aromatic heterocycles. The number of nitrogen functional groups attached to an aromatic ring is 1. The van der Waals surface area contributed by atoms with Crippen LogP contribution in [0.1, 0.15) is 28.7 Å². The third kappa shape index (κ3) is 3.49. The van der Waals surface area contributed by atoms with E-state index >= 15 is 0 Å². The van der Waals surface area contributed by atoms with Gasteiger partial charge in [-0.25, -0.2) is 4.79 Å². The number of pyridine rings is 1. The number of carbonyl (C=O) groups excluding carboxylic acids is 1. The van der Waals surface area contributed by atoms with Gasteiger partial charge >= 0.3 is 5.97 Å². The normalized spacial score (nSPS) is 10.4. The Kier molecular flexibility index (Phi) is 4.74. The number of aryl methyl sites for hydroxylation is 1. The van der Waals surface area contributed by atoms with E-state index in [1.54, 1.807) is 6.92 Å². The molecular formula is C14H18N4O2S. The first-order chi connectivity index (χ1) is 10.0. The number of hydrogen-bond acceptors (Lipinski definition) is 7. The molecule has 0 fully saturated rings. The number of esters is 1. The van der Waals surface area contributed by atoms with Gasteiger partial charge in [-0.3, -0.25) is 4.98 Å². The van der Waals surface area contributed by atoms with Gasteiger partial charge in [-0.2, -0.15) is 4.37 Å². The van der Waals surface area contributed by atoms with Crippen molar-refractivity contribution in [3.8, 4) is 0 Å². The Balaban J connectivity index is 2.23. The van der Waals surface area contributed by atoms with Gasteiger partial charge < -0.3 is 15.4 Å². The van der Waals surface area contributed by atoms with Crippen LogP contribution in [-0.2, 0) is 11.3 Å². The molecule has 21 heavy (non-hydrogen) atoms. The van der Waals surface area contributed by atoms with Gasteiger partial charge in [0.05, 0.1) is 18.8 Å². The topological polar surface area (TPSA) is 81.3 Å². The minimum absolute atomic E-state index is 0.206. The standard InChI is InChI=1S/C14H18N4O2S/c1-4-20-14(19)11-12(15)17-21-13(11)18(3)8-10-7-5-6-9(2)16-10/h5-7H,4,8H2,1-3H3,(H2,15,17). The van der Waals surface area contributed by atoms with Crippen molar-refractivity contribution in [1.82, 2.24) is 9.36 Å². The van der Waals surface area contributed by atoms with Crippen molar-refractivity contribution in [3.63, 3.8) is 0 Å². The summed E-state index contributed by atoms with van der Waals surface area (Å²) in [5.41, 5.74) is 7.98. The van der Waals surface area contributed by atoms with E-state index < -0.39 is 5.97 Å². The van der Waals surface area contributed by atoms with Crippen molar-refractivity contribution in [2.75, 3.05) is 24.3 Å². The van der Waals surface area contributed by atoms with Crippen LogP contribution in [0, 0.1) is 6.92 Å². The van der Waals surface area contributed by atoms with E-state index in [1.807, 2.05) is 37.1 Å². The number of nitrogens with zero attached hydrogens (tertiary/aromatic N) is 3. The van der Waals surface area contributed by atoms with Crippen LogP contribution >= 0.6 is 11.5 Å². The molecule has 0 bridgehead atoms. The highest BCUT2D eigenvalue weighted by Gasteiger charge is 2.23. The van der Waals surface area contributed by atoms with Crippen molar-refractivity contribution < 1.29 is 9.53 Å². The summed E-state index contributed by atoms with van der Waals surface area (Å²) in [6.07, 6.45) is 0. The van der Waals surface area contributed by atoms with Gasteiger partial charge in [0.15, 0.2) is 5.82 Å². The van der Waals surface area contributed by atoms with Crippen molar-refractivity contribution >= 4 is 28.3 Å². The number of ether oxygens (including phenoxy) is 1. The highest BCUT2D eigenvalue weighted by Crippen LogP contribution is 2.31. The van der Waals surface area contributed by atoms with Crippen LogP contribution in [-0.4, -0.2) is 29.0 Å². The first kappa shape index (κ1) is 15.2. The molecule has 0 aliphatic heterocycles. The van der Waals surface area contributed by atoms with Gasteiger partial charge in [-0.1, -0.05) is 6.07 Å². The van der Waals surface area contributed by atoms with Crippen LogP contribution in [0.5, 0.6) is 0 Å². The predicted octanol–water partition coefficient (Wildman–Crippen LogP) is 2.24. The van der Waals surface area contributed by atoms with E-state index in [4.69, 9.17) is 10.5 Å². The van der Waals surface area contributed by atoms with Crippen molar-refractivity contribution in [3.05, 3.63) is 35.2 Å². The molecule has 0 spiro atoms. The molecule has 0 aromatic carbocycles. The molecule has 2 rings (SSSR count). The van der Waals surface area contributed by atoms with Gasteiger partial charge in [0.2, 0.25) is 0 Å². The number of anilines is 2. The van der Waals surface area contributed by atoms with Crippen LogP contribution in [0.15, 0.2) is 18.2 Å². The molecule has 0 amide bonds. The van der Waals surface area contributed by atoms with E-state index in [1.165, 1.54) is 11.5 Å². The maximum Gasteiger partial charge on any atom is 0.345 e. The molecule has 0 radical (unpaired) electrons. The van der Waals surface area contributed by atoms with Crippen molar-refractivity contribution in [2.45, 2.75) is 20.4 Å². The maximum atomic E-state index is 12.0. The summed E-state index contributed by atoms with van der Waals surface area (Å²) in [6, 6.07) is 5.84. The van der Waals surface area contributed by atoms with E-state index in [0.717, 1.165) is 11.4 Å². The summed E-state index contributed by atoms with van der Waals surface area (Å²) < 4.78 is 9.09. The Bertz CT molecular complexity index is 642. The van der Waals surface area contributed by atoms with Crippen LogP contribution in [0.25, 0.3) is 0 Å². The average Bonchev–Trinajstić information content (AvgIpc) is 2.81. The van der Waals surface area contributed by atoms with Crippen LogP contribution < -0.4 is 10.6 Å². The second-order valence-corrected chi connectivity index (χ2v) is 5.35. The highest BCUT2D eigenvalue weighted by atomic mass is 32.1. The minimum atomic E-state index is -0.442. The fraction of sp³-hybridized carbons (Fsp3) is 0.357. The molecular weight excluding hydrogens is 288 g/mol.